The van der Waals surface area contributed by atoms with E-state index in [1.165, 1.54) is 17.3 Å². The van der Waals surface area contributed by atoms with E-state index in [9.17, 15) is 5.11 Å². The second-order valence-electron chi connectivity index (χ2n) is 6.16. The van der Waals surface area contributed by atoms with Gasteiger partial charge in [-0.1, -0.05) is 37.4 Å². The zero-order valence-corrected chi connectivity index (χ0v) is 13.4. The third-order valence-corrected chi connectivity index (χ3v) is 4.99. The van der Waals surface area contributed by atoms with Crippen molar-refractivity contribution in [2.75, 3.05) is 0 Å². The number of rotatable bonds is 5. The van der Waals surface area contributed by atoms with Crippen LogP contribution >= 0.6 is 11.6 Å². The van der Waals surface area contributed by atoms with Gasteiger partial charge in [0.2, 0.25) is 0 Å². The van der Waals surface area contributed by atoms with Crippen molar-refractivity contribution in [2.24, 2.45) is 17.7 Å². The van der Waals surface area contributed by atoms with Crippen LogP contribution in [0.25, 0.3) is 0 Å². The van der Waals surface area contributed by atoms with E-state index in [2.05, 4.69) is 10.1 Å². The summed E-state index contributed by atoms with van der Waals surface area (Å²) in [6.07, 6.45) is 3.53. The van der Waals surface area contributed by atoms with Gasteiger partial charge in [-0.05, 0) is 54.7 Å². The van der Waals surface area contributed by atoms with Gasteiger partial charge >= 0.3 is 0 Å². The van der Waals surface area contributed by atoms with Gasteiger partial charge < -0.3 is 5.11 Å². The largest absolute Gasteiger partial charge is 0.387 e. The summed E-state index contributed by atoms with van der Waals surface area (Å²) < 4.78 is 57.2. The molecule has 0 amide bonds. The molecule has 0 saturated heterocycles. The standard InChI is InChI=1S/C18H24ClN3O/c1-13(2)17-8-5-15(9-14-3-6-16(19)7-4-14)18(17,23)10-22-12-20-11-21-22/h3-4,6-7,11-13,15,17,23H,5,8-10H2,1-2H3/i1D3,2D3,13D. The van der Waals surface area contributed by atoms with E-state index in [1.807, 2.05) is 12.1 Å². The average Bonchev–Trinajstić information content (AvgIpc) is 3.23. The Morgan fingerprint density at radius 3 is 2.87 bits per heavy atom. The van der Waals surface area contributed by atoms with Gasteiger partial charge in [0.15, 0.2) is 0 Å². The Kier molecular flexibility index (Phi) is 2.82. The Morgan fingerprint density at radius 2 is 2.22 bits per heavy atom. The predicted octanol–water partition coefficient (Wildman–Crippen LogP) is 3.59. The first-order valence-corrected chi connectivity index (χ1v) is 7.96. The normalized spacial score (nSPS) is 33.7. The minimum atomic E-state index is -3.12. The van der Waals surface area contributed by atoms with Crippen LogP contribution in [0.3, 0.4) is 0 Å². The zero-order chi connectivity index (χ0) is 22.4. The van der Waals surface area contributed by atoms with Crippen molar-refractivity contribution in [3.8, 4) is 0 Å². The molecular formula is C18H24ClN3O. The van der Waals surface area contributed by atoms with E-state index >= 15 is 0 Å². The molecule has 124 valence electrons. The van der Waals surface area contributed by atoms with E-state index in [0.717, 1.165) is 5.56 Å². The highest BCUT2D eigenvalue weighted by Gasteiger charge is 2.50. The highest BCUT2D eigenvalue weighted by molar-refractivity contribution is 6.30. The van der Waals surface area contributed by atoms with Crippen molar-refractivity contribution in [2.45, 2.75) is 45.1 Å². The number of nitrogens with zero attached hydrogens (tertiary/aromatic N) is 3. The summed E-state index contributed by atoms with van der Waals surface area (Å²) in [5.41, 5.74) is -0.904. The highest BCUT2D eigenvalue weighted by atomic mass is 35.5. The van der Waals surface area contributed by atoms with Crippen LogP contribution in [-0.4, -0.2) is 25.5 Å². The first kappa shape index (κ1) is 9.80. The Bertz CT molecular complexity index is 840. The SMILES string of the molecule is [2H]C([2H])([2H])C([2H])(C1CCC(Cc2ccc(Cl)cc2)C1(O)Cn1cncn1)C([2H])([2H])[2H]. The fourth-order valence-electron chi connectivity index (χ4n) is 3.54. The van der Waals surface area contributed by atoms with Crippen molar-refractivity contribution in [3.63, 3.8) is 0 Å². The van der Waals surface area contributed by atoms with E-state index in [-0.39, 0.29) is 13.0 Å². The molecule has 3 unspecified atom stereocenters. The van der Waals surface area contributed by atoms with Crippen LogP contribution in [0, 0.1) is 17.7 Å². The highest BCUT2D eigenvalue weighted by Crippen LogP contribution is 2.46. The lowest BCUT2D eigenvalue weighted by atomic mass is 9.76. The summed E-state index contributed by atoms with van der Waals surface area (Å²) in [5.74, 6) is -4.61. The first-order chi connectivity index (χ1) is 13.8. The Balaban J connectivity index is 2.04. The van der Waals surface area contributed by atoms with Gasteiger partial charge in [-0.2, -0.15) is 5.10 Å². The van der Waals surface area contributed by atoms with E-state index in [0.29, 0.717) is 17.9 Å². The quantitative estimate of drug-likeness (QED) is 0.905. The van der Waals surface area contributed by atoms with Crippen LogP contribution in [0.1, 0.15) is 41.7 Å². The van der Waals surface area contributed by atoms with Crippen molar-refractivity contribution in [1.82, 2.24) is 14.8 Å². The number of hydrogen-bond acceptors (Lipinski definition) is 3. The van der Waals surface area contributed by atoms with Crippen molar-refractivity contribution >= 4 is 11.6 Å². The monoisotopic (exact) mass is 340 g/mol. The van der Waals surface area contributed by atoms with E-state index < -0.39 is 37.0 Å². The molecule has 3 rings (SSSR count). The molecule has 0 spiro atoms. The molecular weight excluding hydrogens is 310 g/mol. The van der Waals surface area contributed by atoms with Gasteiger partial charge in [-0.3, -0.25) is 4.68 Å². The molecule has 1 heterocycles. The lowest BCUT2D eigenvalue weighted by molar-refractivity contribution is -0.0667. The lowest BCUT2D eigenvalue weighted by Crippen LogP contribution is -2.46. The fraction of sp³-hybridized carbons (Fsp3) is 0.556. The summed E-state index contributed by atoms with van der Waals surface area (Å²) in [6, 6.07) is 7.07. The minimum Gasteiger partial charge on any atom is -0.387 e. The third kappa shape index (κ3) is 3.43. The molecule has 0 bridgehead atoms. The molecule has 1 aliphatic carbocycles. The van der Waals surface area contributed by atoms with Crippen LogP contribution in [0.5, 0.6) is 0 Å². The Hall–Kier alpha value is -1.39. The molecule has 5 heteroatoms. The third-order valence-electron chi connectivity index (χ3n) is 4.74. The molecule has 1 saturated carbocycles. The van der Waals surface area contributed by atoms with Gasteiger partial charge in [0, 0.05) is 14.6 Å². The molecule has 4 nitrogen and oxygen atoms in total. The molecule has 3 atom stereocenters. The maximum atomic E-state index is 11.8. The molecule has 0 aliphatic heterocycles. The van der Waals surface area contributed by atoms with Crippen molar-refractivity contribution < 1.29 is 14.7 Å². The Morgan fingerprint density at radius 1 is 1.43 bits per heavy atom. The summed E-state index contributed by atoms with van der Waals surface area (Å²) in [7, 11) is 0. The second kappa shape index (κ2) is 6.62. The molecule has 1 aliphatic rings. The molecule has 23 heavy (non-hydrogen) atoms. The smallest absolute Gasteiger partial charge is 0.137 e. The minimum absolute atomic E-state index is 0.101. The summed E-state index contributed by atoms with van der Waals surface area (Å²) in [4.78, 5) is 3.86. The van der Waals surface area contributed by atoms with Gasteiger partial charge in [0.05, 0.1) is 12.1 Å². The molecule has 2 aromatic rings. The Labute approximate surface area is 152 Å². The van der Waals surface area contributed by atoms with Crippen LogP contribution in [0.4, 0.5) is 0 Å². The molecule has 1 fully saturated rings. The summed E-state index contributed by atoms with van der Waals surface area (Å²) >= 11 is 5.94. The molecule has 1 aromatic carbocycles. The van der Waals surface area contributed by atoms with E-state index in [4.69, 9.17) is 21.2 Å². The number of aliphatic hydroxyl groups is 1. The number of hydrogen-bond donors (Lipinski definition) is 1. The van der Waals surface area contributed by atoms with E-state index in [1.54, 1.807) is 12.1 Å². The van der Waals surface area contributed by atoms with Crippen LogP contribution in [0.2, 0.25) is 5.02 Å². The summed E-state index contributed by atoms with van der Waals surface area (Å²) in [5, 5.41) is 16.4. The van der Waals surface area contributed by atoms with Crippen LogP contribution < -0.4 is 0 Å². The molecule has 1 aromatic heterocycles. The number of halogens is 1. The van der Waals surface area contributed by atoms with Gasteiger partial charge in [0.1, 0.15) is 12.7 Å². The van der Waals surface area contributed by atoms with Gasteiger partial charge in [-0.15, -0.1) is 0 Å². The fourth-order valence-corrected chi connectivity index (χ4v) is 3.67. The van der Waals surface area contributed by atoms with Crippen molar-refractivity contribution in [1.29, 1.82) is 0 Å². The predicted molar refractivity (Wildman–Crippen MR) is 91.2 cm³/mol. The zero-order valence-electron chi connectivity index (χ0n) is 19.6. The lowest BCUT2D eigenvalue weighted by Gasteiger charge is -2.37. The number of benzene rings is 1. The van der Waals surface area contributed by atoms with Gasteiger partial charge in [-0.25, -0.2) is 4.98 Å². The molecule has 1 N–H and O–H groups in total. The molecule has 0 radical (unpaired) electrons. The first-order valence-electron chi connectivity index (χ1n) is 11.1. The van der Waals surface area contributed by atoms with Crippen molar-refractivity contribution in [3.05, 3.63) is 47.5 Å². The average molecular weight is 341 g/mol. The van der Waals surface area contributed by atoms with Crippen LogP contribution in [-0.2, 0) is 13.0 Å². The maximum absolute atomic E-state index is 11.8. The van der Waals surface area contributed by atoms with Gasteiger partial charge in [0.25, 0.3) is 0 Å². The summed E-state index contributed by atoms with van der Waals surface area (Å²) in [6.45, 7) is -6.38. The second-order valence-corrected chi connectivity index (χ2v) is 6.59. The van der Waals surface area contributed by atoms with Crippen LogP contribution in [0.15, 0.2) is 36.9 Å². The maximum Gasteiger partial charge on any atom is 0.137 e. The number of aromatic nitrogens is 3. The topological polar surface area (TPSA) is 50.9 Å².